The third kappa shape index (κ3) is 2.80. The molecule has 1 amide bonds. The molecular formula is C19H14BrF2NO3. The summed E-state index contributed by atoms with van der Waals surface area (Å²) >= 11 is 3.43. The number of rotatable bonds is 4. The highest BCUT2D eigenvalue weighted by atomic mass is 79.9. The summed E-state index contributed by atoms with van der Waals surface area (Å²) in [6.07, 6.45) is 0.786. The van der Waals surface area contributed by atoms with E-state index in [2.05, 4.69) is 21.2 Å². The number of halogens is 3. The monoisotopic (exact) mass is 421 g/mol. The number of carboxylic acids is 1. The molecule has 0 saturated heterocycles. The van der Waals surface area contributed by atoms with Gasteiger partial charge in [0, 0.05) is 10.4 Å². The van der Waals surface area contributed by atoms with Crippen molar-refractivity contribution in [3.05, 3.63) is 69.2 Å². The number of fused-ring (bicyclic) bond motifs is 3. The molecule has 2 aromatic carbocycles. The predicted octanol–water partition coefficient (Wildman–Crippen LogP) is 3.56. The van der Waals surface area contributed by atoms with Crippen molar-refractivity contribution < 1.29 is 23.5 Å². The Hall–Kier alpha value is -2.28. The van der Waals surface area contributed by atoms with Gasteiger partial charge < -0.3 is 10.4 Å². The van der Waals surface area contributed by atoms with Crippen LogP contribution < -0.4 is 5.32 Å². The van der Waals surface area contributed by atoms with E-state index < -0.39 is 23.6 Å². The van der Waals surface area contributed by atoms with Crippen molar-refractivity contribution in [3.63, 3.8) is 0 Å². The Labute approximate surface area is 156 Å². The summed E-state index contributed by atoms with van der Waals surface area (Å²) in [5, 5.41) is 11.9. The van der Waals surface area contributed by atoms with Gasteiger partial charge in [0.05, 0.1) is 0 Å². The molecule has 4 nitrogen and oxygen atoms in total. The van der Waals surface area contributed by atoms with Crippen LogP contribution in [0, 0.1) is 23.5 Å². The molecule has 0 aromatic heterocycles. The molecule has 4 rings (SSSR count). The van der Waals surface area contributed by atoms with Crippen molar-refractivity contribution in [2.24, 2.45) is 11.8 Å². The summed E-state index contributed by atoms with van der Waals surface area (Å²) in [4.78, 5) is 24.1. The molecule has 4 unspecified atom stereocenters. The lowest BCUT2D eigenvalue weighted by molar-refractivity contribution is -0.142. The third-order valence-corrected chi connectivity index (χ3v) is 5.70. The molecule has 1 saturated carbocycles. The standard InChI is InChI=1S/C19H14BrF2NO3/c20-10-3-1-8-5-12-15(11(8)7-10)16(12)18(24)23-17(19(25)26)9-2-4-13(21)14(22)6-9/h1-4,6-7,12,15-17H,5H2,(H,23,24)(H,25,26). The van der Waals surface area contributed by atoms with Crippen molar-refractivity contribution in [1.29, 1.82) is 0 Å². The second kappa shape index (κ2) is 6.16. The number of amides is 1. The average molecular weight is 422 g/mol. The van der Waals surface area contributed by atoms with Crippen LogP contribution in [0.2, 0.25) is 0 Å². The molecule has 134 valence electrons. The molecule has 4 atom stereocenters. The first-order chi connectivity index (χ1) is 12.4. The van der Waals surface area contributed by atoms with Crippen LogP contribution in [0.5, 0.6) is 0 Å². The third-order valence-electron chi connectivity index (χ3n) is 5.20. The maximum Gasteiger partial charge on any atom is 0.330 e. The SMILES string of the molecule is O=C(O)C(NC(=O)C1C2Cc3ccc(Br)cc3C21)c1ccc(F)c(F)c1. The lowest BCUT2D eigenvalue weighted by Gasteiger charge is -2.16. The fourth-order valence-corrected chi connectivity index (χ4v) is 4.32. The second-order valence-electron chi connectivity index (χ2n) is 6.72. The molecule has 7 heteroatoms. The van der Waals surface area contributed by atoms with Crippen LogP contribution in [0.15, 0.2) is 40.9 Å². The van der Waals surface area contributed by atoms with Crippen molar-refractivity contribution in [3.8, 4) is 0 Å². The Morgan fingerprint density at radius 1 is 1.15 bits per heavy atom. The summed E-state index contributed by atoms with van der Waals surface area (Å²) in [5.74, 6) is -3.95. The minimum Gasteiger partial charge on any atom is -0.479 e. The van der Waals surface area contributed by atoms with Gasteiger partial charge in [0.1, 0.15) is 0 Å². The number of aliphatic carboxylic acids is 1. The fourth-order valence-electron chi connectivity index (χ4n) is 3.94. The molecule has 0 bridgehead atoms. The number of hydrogen-bond acceptors (Lipinski definition) is 2. The number of hydrogen-bond donors (Lipinski definition) is 2. The van der Waals surface area contributed by atoms with Crippen molar-refractivity contribution in [2.45, 2.75) is 18.4 Å². The number of carbonyl (C=O) groups excluding carboxylic acids is 1. The van der Waals surface area contributed by atoms with E-state index >= 15 is 0 Å². The van der Waals surface area contributed by atoms with Gasteiger partial charge in [-0.3, -0.25) is 4.79 Å². The highest BCUT2D eigenvalue weighted by Gasteiger charge is 2.59. The van der Waals surface area contributed by atoms with Gasteiger partial charge in [-0.05, 0) is 59.2 Å². The van der Waals surface area contributed by atoms with E-state index in [0.717, 1.165) is 34.7 Å². The summed E-state index contributed by atoms with van der Waals surface area (Å²) in [6, 6.07) is 7.39. The Morgan fingerprint density at radius 2 is 1.92 bits per heavy atom. The molecule has 2 aromatic rings. The first kappa shape index (κ1) is 17.1. The Balaban J connectivity index is 1.52. The average Bonchev–Trinajstić information content (AvgIpc) is 3.19. The highest BCUT2D eigenvalue weighted by molar-refractivity contribution is 9.10. The highest BCUT2D eigenvalue weighted by Crippen LogP contribution is 2.61. The normalized spacial score (nSPS) is 23.7. The van der Waals surface area contributed by atoms with Crippen LogP contribution in [0.25, 0.3) is 0 Å². The van der Waals surface area contributed by atoms with E-state index in [1.807, 2.05) is 18.2 Å². The number of carboxylic acid groups (broad SMARTS) is 1. The first-order valence-corrected chi connectivity index (χ1v) is 8.92. The van der Waals surface area contributed by atoms with Gasteiger partial charge in [-0.15, -0.1) is 0 Å². The van der Waals surface area contributed by atoms with E-state index in [1.165, 1.54) is 5.56 Å². The Bertz CT molecular complexity index is 933. The molecule has 2 aliphatic rings. The largest absolute Gasteiger partial charge is 0.479 e. The molecule has 0 heterocycles. The molecule has 0 aliphatic heterocycles. The summed E-state index contributed by atoms with van der Waals surface area (Å²) < 4.78 is 27.4. The lowest BCUT2D eigenvalue weighted by atomic mass is 10.0. The minimum absolute atomic E-state index is 0.00120. The maximum absolute atomic E-state index is 13.4. The predicted molar refractivity (Wildman–Crippen MR) is 92.4 cm³/mol. The van der Waals surface area contributed by atoms with Crippen molar-refractivity contribution >= 4 is 27.8 Å². The number of nitrogens with one attached hydrogen (secondary N) is 1. The van der Waals surface area contributed by atoms with Gasteiger partial charge in [0.15, 0.2) is 17.7 Å². The smallest absolute Gasteiger partial charge is 0.330 e. The van der Waals surface area contributed by atoms with Gasteiger partial charge in [0.2, 0.25) is 5.91 Å². The van der Waals surface area contributed by atoms with Crippen LogP contribution in [0.4, 0.5) is 8.78 Å². The topological polar surface area (TPSA) is 66.4 Å². The molecular weight excluding hydrogens is 408 g/mol. The van der Waals surface area contributed by atoms with Crippen LogP contribution >= 0.6 is 15.9 Å². The van der Waals surface area contributed by atoms with Crippen LogP contribution in [-0.2, 0) is 16.0 Å². The van der Waals surface area contributed by atoms with E-state index in [4.69, 9.17) is 0 Å². The molecule has 0 spiro atoms. The van der Waals surface area contributed by atoms with Gasteiger partial charge in [0.25, 0.3) is 0 Å². The van der Waals surface area contributed by atoms with Gasteiger partial charge >= 0.3 is 5.97 Å². The molecule has 2 aliphatic carbocycles. The van der Waals surface area contributed by atoms with Crippen LogP contribution in [-0.4, -0.2) is 17.0 Å². The van der Waals surface area contributed by atoms with E-state index in [0.29, 0.717) is 0 Å². The van der Waals surface area contributed by atoms with Crippen molar-refractivity contribution in [1.82, 2.24) is 5.32 Å². The van der Waals surface area contributed by atoms with Crippen molar-refractivity contribution in [2.75, 3.05) is 0 Å². The maximum atomic E-state index is 13.4. The van der Waals surface area contributed by atoms with Crippen LogP contribution in [0.1, 0.15) is 28.7 Å². The zero-order valence-electron chi connectivity index (χ0n) is 13.4. The molecule has 1 fully saturated rings. The summed E-state index contributed by atoms with van der Waals surface area (Å²) in [6.45, 7) is 0. The summed E-state index contributed by atoms with van der Waals surface area (Å²) in [5.41, 5.74) is 2.32. The number of carbonyl (C=O) groups is 2. The zero-order chi connectivity index (χ0) is 18.6. The van der Waals surface area contributed by atoms with E-state index in [9.17, 15) is 23.5 Å². The zero-order valence-corrected chi connectivity index (χ0v) is 15.0. The molecule has 2 N–H and O–H groups in total. The minimum atomic E-state index is -1.42. The van der Waals surface area contributed by atoms with Gasteiger partial charge in [-0.1, -0.05) is 28.1 Å². The van der Waals surface area contributed by atoms with Gasteiger partial charge in [-0.25, -0.2) is 13.6 Å². The molecule has 26 heavy (non-hydrogen) atoms. The van der Waals surface area contributed by atoms with Gasteiger partial charge in [-0.2, -0.15) is 0 Å². The van der Waals surface area contributed by atoms with E-state index in [-0.39, 0.29) is 29.2 Å². The Kier molecular flexibility index (Phi) is 4.06. The molecule has 0 radical (unpaired) electrons. The second-order valence-corrected chi connectivity index (χ2v) is 7.63. The quantitative estimate of drug-likeness (QED) is 0.792. The first-order valence-electron chi connectivity index (χ1n) is 8.13. The number of benzene rings is 2. The lowest BCUT2D eigenvalue weighted by Crippen LogP contribution is -2.35. The Morgan fingerprint density at radius 3 is 2.62 bits per heavy atom. The fraction of sp³-hybridized carbons (Fsp3) is 0.263. The summed E-state index contributed by atoms with van der Waals surface area (Å²) in [7, 11) is 0. The van der Waals surface area contributed by atoms with Crippen LogP contribution in [0.3, 0.4) is 0 Å². The van der Waals surface area contributed by atoms with E-state index in [1.54, 1.807) is 0 Å².